The van der Waals surface area contributed by atoms with E-state index in [2.05, 4.69) is 15.6 Å². The normalized spacial score (nSPS) is 10.7. The van der Waals surface area contributed by atoms with Crippen LogP contribution in [-0.4, -0.2) is 35.0 Å². The molecule has 0 saturated heterocycles. The first-order chi connectivity index (χ1) is 16.0. The molecule has 33 heavy (non-hydrogen) atoms. The lowest BCUT2D eigenvalue weighted by Gasteiger charge is -2.11. The van der Waals surface area contributed by atoms with Gasteiger partial charge in [0.05, 0.1) is 18.1 Å². The number of fused-ring (bicyclic) bond motifs is 1. The van der Waals surface area contributed by atoms with Crippen molar-refractivity contribution in [2.45, 2.75) is 13.0 Å². The van der Waals surface area contributed by atoms with Crippen molar-refractivity contribution in [3.05, 3.63) is 89.2 Å². The lowest BCUT2D eigenvalue weighted by molar-refractivity contribution is -0.116. The van der Waals surface area contributed by atoms with Crippen molar-refractivity contribution in [1.82, 2.24) is 14.9 Å². The molecule has 1 heterocycles. The molecule has 4 rings (SSSR count). The maximum absolute atomic E-state index is 12.8. The van der Waals surface area contributed by atoms with Crippen LogP contribution in [0.1, 0.15) is 16.2 Å². The zero-order chi connectivity index (χ0) is 23.2. The Bertz CT molecular complexity index is 1280. The Hall–Kier alpha value is -3.84. The van der Waals surface area contributed by atoms with E-state index in [1.54, 1.807) is 43.5 Å². The van der Waals surface area contributed by atoms with Crippen molar-refractivity contribution in [2.75, 3.05) is 19.0 Å². The Morgan fingerprint density at radius 1 is 1.03 bits per heavy atom. The third kappa shape index (κ3) is 5.51. The predicted octanol–water partition coefficient (Wildman–Crippen LogP) is 4.31. The van der Waals surface area contributed by atoms with Gasteiger partial charge in [0.25, 0.3) is 5.91 Å². The summed E-state index contributed by atoms with van der Waals surface area (Å²) in [5, 5.41) is 6.37. The van der Waals surface area contributed by atoms with Gasteiger partial charge in [0, 0.05) is 35.3 Å². The number of halogens is 1. The van der Waals surface area contributed by atoms with Crippen LogP contribution in [0.15, 0.2) is 72.8 Å². The van der Waals surface area contributed by atoms with Gasteiger partial charge >= 0.3 is 0 Å². The number of methoxy groups -OCH3 is 1. The van der Waals surface area contributed by atoms with Gasteiger partial charge in [0.2, 0.25) is 5.91 Å². The number of hydrogen-bond acceptors (Lipinski definition) is 4. The highest BCUT2D eigenvalue weighted by Gasteiger charge is 2.14. The van der Waals surface area contributed by atoms with Crippen LogP contribution in [0.5, 0.6) is 5.75 Å². The molecular weight excluding hydrogens is 440 g/mol. The second kappa shape index (κ2) is 10.2. The van der Waals surface area contributed by atoms with E-state index in [0.29, 0.717) is 40.8 Å². The Labute approximate surface area is 196 Å². The van der Waals surface area contributed by atoms with Crippen LogP contribution in [-0.2, 0) is 17.8 Å². The van der Waals surface area contributed by atoms with Crippen molar-refractivity contribution < 1.29 is 14.3 Å². The third-order valence-electron chi connectivity index (χ3n) is 5.13. The third-order valence-corrected chi connectivity index (χ3v) is 5.38. The molecule has 0 unspecified atom stereocenters. The van der Waals surface area contributed by atoms with Crippen molar-refractivity contribution in [2.24, 2.45) is 0 Å². The van der Waals surface area contributed by atoms with Crippen molar-refractivity contribution in [3.8, 4) is 5.75 Å². The molecule has 1 aromatic heterocycles. The fraction of sp³-hybridized carbons (Fsp3) is 0.160. The maximum Gasteiger partial charge on any atom is 0.251 e. The van der Waals surface area contributed by atoms with Crippen LogP contribution in [0.25, 0.3) is 11.0 Å². The molecule has 0 aliphatic carbocycles. The van der Waals surface area contributed by atoms with Gasteiger partial charge in [0.15, 0.2) is 0 Å². The molecule has 0 radical (unpaired) electrons. The molecule has 3 aromatic carbocycles. The van der Waals surface area contributed by atoms with Gasteiger partial charge in [0.1, 0.15) is 18.1 Å². The van der Waals surface area contributed by atoms with E-state index in [4.69, 9.17) is 16.3 Å². The molecule has 0 saturated carbocycles. The van der Waals surface area contributed by atoms with Crippen molar-refractivity contribution in [1.29, 1.82) is 0 Å². The average molecular weight is 463 g/mol. The summed E-state index contributed by atoms with van der Waals surface area (Å²) in [6.45, 7) is 0.473. The van der Waals surface area contributed by atoms with E-state index >= 15 is 0 Å². The number of ether oxygens (including phenoxy) is 1. The monoisotopic (exact) mass is 462 g/mol. The number of anilines is 1. The number of rotatable bonds is 8. The molecule has 4 aromatic rings. The Balaban J connectivity index is 1.46. The Morgan fingerprint density at radius 2 is 1.82 bits per heavy atom. The number of amides is 2. The molecule has 0 spiro atoms. The smallest absolute Gasteiger partial charge is 0.251 e. The highest BCUT2D eigenvalue weighted by molar-refractivity contribution is 6.30. The number of aromatic nitrogens is 2. The summed E-state index contributed by atoms with van der Waals surface area (Å²) < 4.78 is 7.09. The lowest BCUT2D eigenvalue weighted by Crippen LogP contribution is -2.27. The van der Waals surface area contributed by atoms with Crippen molar-refractivity contribution in [3.63, 3.8) is 0 Å². The Morgan fingerprint density at radius 3 is 2.61 bits per heavy atom. The number of nitrogens with zero attached hydrogens (tertiary/aromatic N) is 2. The van der Waals surface area contributed by atoms with E-state index in [1.807, 2.05) is 41.0 Å². The summed E-state index contributed by atoms with van der Waals surface area (Å²) in [4.78, 5) is 29.8. The minimum atomic E-state index is -0.190. The van der Waals surface area contributed by atoms with E-state index in [1.165, 1.54) is 0 Å². The molecule has 0 fully saturated rings. The molecule has 168 valence electrons. The van der Waals surface area contributed by atoms with Gasteiger partial charge < -0.3 is 19.9 Å². The van der Waals surface area contributed by atoms with E-state index < -0.39 is 0 Å². The average Bonchev–Trinajstić information content (AvgIpc) is 3.16. The second-order valence-corrected chi connectivity index (χ2v) is 7.83. The molecule has 2 amide bonds. The van der Waals surface area contributed by atoms with E-state index in [9.17, 15) is 9.59 Å². The molecule has 0 aliphatic rings. The minimum absolute atomic E-state index is 0.0954. The first-order valence-electron chi connectivity index (χ1n) is 10.5. The summed E-state index contributed by atoms with van der Waals surface area (Å²) >= 11 is 5.88. The molecule has 7 nitrogen and oxygen atoms in total. The molecule has 0 atom stereocenters. The van der Waals surface area contributed by atoms with Crippen LogP contribution in [0.4, 0.5) is 5.69 Å². The number of imidazole rings is 1. The first-order valence-corrected chi connectivity index (χ1v) is 10.8. The largest absolute Gasteiger partial charge is 0.497 e. The standard InChI is InChI=1S/C25H23ClN4O3/c1-33-20-6-4-5-19(15-20)28-24(31)16-30-22-8-3-2-7-21(22)29-23(30)13-14-27-25(32)17-9-11-18(26)12-10-17/h2-12,15H,13-14,16H2,1H3,(H,27,32)(H,28,31). The zero-order valence-electron chi connectivity index (χ0n) is 18.0. The topological polar surface area (TPSA) is 85.2 Å². The highest BCUT2D eigenvalue weighted by Crippen LogP contribution is 2.19. The SMILES string of the molecule is COc1cccc(NC(=O)Cn2c(CCNC(=O)c3ccc(Cl)cc3)nc3ccccc32)c1. The number of carbonyl (C=O) groups is 2. The summed E-state index contributed by atoms with van der Waals surface area (Å²) in [5.74, 6) is 1.01. The molecule has 0 aliphatic heterocycles. The van der Waals surface area contributed by atoms with Gasteiger partial charge in [-0.3, -0.25) is 9.59 Å². The van der Waals surface area contributed by atoms with Crippen LogP contribution >= 0.6 is 11.6 Å². The van der Waals surface area contributed by atoms with Crippen LogP contribution in [0.3, 0.4) is 0 Å². The second-order valence-electron chi connectivity index (χ2n) is 7.40. The predicted molar refractivity (Wildman–Crippen MR) is 129 cm³/mol. The minimum Gasteiger partial charge on any atom is -0.497 e. The fourth-order valence-corrected chi connectivity index (χ4v) is 3.65. The van der Waals surface area contributed by atoms with Gasteiger partial charge in [-0.15, -0.1) is 0 Å². The number of nitrogens with one attached hydrogen (secondary N) is 2. The summed E-state index contributed by atoms with van der Waals surface area (Å²) in [6, 6.07) is 21.6. The van der Waals surface area contributed by atoms with E-state index in [-0.39, 0.29) is 18.4 Å². The quantitative estimate of drug-likeness (QED) is 0.408. The number of hydrogen-bond donors (Lipinski definition) is 2. The number of benzene rings is 3. The maximum atomic E-state index is 12.8. The van der Waals surface area contributed by atoms with Gasteiger partial charge in [-0.05, 0) is 48.5 Å². The molecular formula is C25H23ClN4O3. The van der Waals surface area contributed by atoms with Crippen LogP contribution in [0, 0.1) is 0 Å². The summed E-state index contributed by atoms with van der Waals surface area (Å²) in [6.07, 6.45) is 0.473. The van der Waals surface area contributed by atoms with Gasteiger partial charge in [-0.1, -0.05) is 29.8 Å². The molecule has 0 bridgehead atoms. The fourth-order valence-electron chi connectivity index (χ4n) is 3.53. The van der Waals surface area contributed by atoms with Crippen LogP contribution in [0.2, 0.25) is 5.02 Å². The first kappa shape index (κ1) is 22.4. The number of para-hydroxylation sites is 2. The van der Waals surface area contributed by atoms with Gasteiger partial charge in [-0.25, -0.2) is 4.98 Å². The molecule has 8 heteroatoms. The lowest BCUT2D eigenvalue weighted by atomic mass is 10.2. The Kier molecular flexibility index (Phi) is 6.90. The molecule has 2 N–H and O–H groups in total. The zero-order valence-corrected chi connectivity index (χ0v) is 18.8. The summed E-state index contributed by atoms with van der Waals surface area (Å²) in [5.41, 5.74) is 2.84. The highest BCUT2D eigenvalue weighted by atomic mass is 35.5. The van der Waals surface area contributed by atoms with E-state index in [0.717, 1.165) is 11.0 Å². The van der Waals surface area contributed by atoms with Crippen molar-refractivity contribution >= 4 is 40.1 Å². The summed E-state index contributed by atoms with van der Waals surface area (Å²) in [7, 11) is 1.58. The van der Waals surface area contributed by atoms with Crippen LogP contribution < -0.4 is 15.4 Å². The number of carbonyl (C=O) groups excluding carboxylic acids is 2. The van der Waals surface area contributed by atoms with Gasteiger partial charge in [-0.2, -0.15) is 0 Å².